The fraction of sp³-hybridized carbons (Fsp3) is 0.478. The Morgan fingerprint density at radius 1 is 1.00 bits per heavy atom. The molecule has 1 amide bonds. The first-order valence-corrected chi connectivity index (χ1v) is 10.5. The predicted octanol–water partition coefficient (Wildman–Crippen LogP) is 3.29. The van der Waals surface area contributed by atoms with Crippen LogP contribution in [0.15, 0.2) is 42.6 Å². The van der Waals surface area contributed by atoms with Crippen molar-refractivity contribution < 1.29 is 9.53 Å². The normalized spacial score (nSPS) is 18.1. The standard InChI is InChI=1S/C23H30N4O2/c1-18-8-11-25(12-9-18)19-7-10-24-20(17-19)23(28)27-15-13-26(14-16-27)21-5-3-4-6-22(21)29-2/h3-7,10,17-18H,8-9,11-16H2,1-2H3. The van der Waals surface area contributed by atoms with Crippen LogP contribution in [0.2, 0.25) is 0 Å². The van der Waals surface area contributed by atoms with Crippen LogP contribution in [-0.2, 0) is 0 Å². The Hall–Kier alpha value is -2.76. The van der Waals surface area contributed by atoms with Crippen LogP contribution < -0.4 is 14.5 Å². The Morgan fingerprint density at radius 3 is 2.45 bits per heavy atom. The van der Waals surface area contributed by atoms with E-state index in [1.54, 1.807) is 13.3 Å². The molecule has 2 aromatic rings. The number of carbonyl (C=O) groups is 1. The molecule has 0 unspecified atom stereocenters. The number of pyridine rings is 1. The lowest BCUT2D eigenvalue weighted by Gasteiger charge is -2.36. The van der Waals surface area contributed by atoms with Gasteiger partial charge in [0.05, 0.1) is 12.8 Å². The summed E-state index contributed by atoms with van der Waals surface area (Å²) in [4.78, 5) is 24.0. The summed E-state index contributed by atoms with van der Waals surface area (Å²) in [7, 11) is 1.69. The number of nitrogens with zero attached hydrogens (tertiary/aromatic N) is 4. The van der Waals surface area contributed by atoms with Crippen LogP contribution in [0, 0.1) is 5.92 Å². The Bertz CT molecular complexity index is 840. The molecule has 1 aromatic carbocycles. The number of para-hydroxylation sites is 2. The summed E-state index contributed by atoms with van der Waals surface area (Å²) >= 11 is 0. The van der Waals surface area contributed by atoms with Crippen LogP contribution in [0.25, 0.3) is 0 Å². The number of carbonyl (C=O) groups excluding carboxylic acids is 1. The molecule has 2 saturated heterocycles. The van der Waals surface area contributed by atoms with Crippen molar-refractivity contribution in [3.63, 3.8) is 0 Å². The van der Waals surface area contributed by atoms with Gasteiger partial charge in [-0.05, 0) is 43.0 Å². The highest BCUT2D eigenvalue weighted by Crippen LogP contribution is 2.29. The number of piperidine rings is 1. The van der Waals surface area contributed by atoms with Crippen molar-refractivity contribution in [2.45, 2.75) is 19.8 Å². The van der Waals surface area contributed by atoms with Crippen molar-refractivity contribution in [2.75, 3.05) is 56.2 Å². The molecular weight excluding hydrogens is 364 g/mol. The third-order valence-corrected chi connectivity index (χ3v) is 6.10. The average Bonchev–Trinajstić information content (AvgIpc) is 2.79. The summed E-state index contributed by atoms with van der Waals surface area (Å²) in [5.74, 6) is 1.68. The van der Waals surface area contributed by atoms with E-state index in [2.05, 4.69) is 27.8 Å². The average molecular weight is 395 g/mol. The summed E-state index contributed by atoms with van der Waals surface area (Å²) in [5.41, 5.74) is 2.75. The van der Waals surface area contributed by atoms with Crippen LogP contribution in [-0.4, -0.2) is 62.2 Å². The van der Waals surface area contributed by atoms with Crippen molar-refractivity contribution in [1.29, 1.82) is 0 Å². The SMILES string of the molecule is COc1ccccc1N1CCN(C(=O)c2cc(N3CCC(C)CC3)ccn2)CC1. The first kappa shape index (κ1) is 19.6. The van der Waals surface area contributed by atoms with Gasteiger partial charge < -0.3 is 19.4 Å². The Morgan fingerprint density at radius 2 is 1.72 bits per heavy atom. The van der Waals surface area contributed by atoms with Crippen molar-refractivity contribution in [3.8, 4) is 5.75 Å². The van der Waals surface area contributed by atoms with Crippen LogP contribution >= 0.6 is 0 Å². The van der Waals surface area contributed by atoms with Gasteiger partial charge in [-0.25, -0.2) is 0 Å². The van der Waals surface area contributed by atoms with E-state index in [-0.39, 0.29) is 5.91 Å². The highest BCUT2D eigenvalue weighted by Gasteiger charge is 2.25. The second kappa shape index (κ2) is 8.72. The van der Waals surface area contributed by atoms with E-state index in [9.17, 15) is 4.79 Å². The van der Waals surface area contributed by atoms with E-state index >= 15 is 0 Å². The van der Waals surface area contributed by atoms with Gasteiger partial charge >= 0.3 is 0 Å². The molecule has 0 aliphatic carbocycles. The van der Waals surface area contributed by atoms with Gasteiger partial charge in [0, 0.05) is 51.2 Å². The van der Waals surface area contributed by atoms with Crippen molar-refractivity contribution in [3.05, 3.63) is 48.3 Å². The summed E-state index contributed by atoms with van der Waals surface area (Å²) in [6, 6.07) is 12.0. The molecule has 2 aliphatic rings. The van der Waals surface area contributed by atoms with Crippen molar-refractivity contribution in [1.82, 2.24) is 9.88 Å². The number of hydrogen-bond acceptors (Lipinski definition) is 5. The second-order valence-electron chi connectivity index (χ2n) is 8.02. The van der Waals surface area contributed by atoms with Crippen LogP contribution in [0.1, 0.15) is 30.3 Å². The number of hydrogen-bond donors (Lipinski definition) is 0. The summed E-state index contributed by atoms with van der Waals surface area (Å²) in [6.07, 6.45) is 4.18. The molecule has 0 atom stereocenters. The molecule has 0 radical (unpaired) electrons. The number of methoxy groups -OCH3 is 1. The number of piperazine rings is 1. The van der Waals surface area contributed by atoms with E-state index in [1.807, 2.05) is 35.2 Å². The molecule has 4 rings (SSSR count). The Kier molecular flexibility index (Phi) is 5.88. The van der Waals surface area contributed by atoms with Gasteiger partial charge in [0.2, 0.25) is 0 Å². The Balaban J connectivity index is 1.40. The first-order chi connectivity index (χ1) is 14.2. The number of benzene rings is 1. The van der Waals surface area contributed by atoms with Gasteiger partial charge in [0.1, 0.15) is 11.4 Å². The third kappa shape index (κ3) is 4.31. The smallest absolute Gasteiger partial charge is 0.272 e. The lowest BCUT2D eigenvalue weighted by molar-refractivity contribution is 0.0741. The van der Waals surface area contributed by atoms with E-state index in [4.69, 9.17) is 4.74 Å². The molecule has 0 N–H and O–H groups in total. The minimum absolute atomic E-state index is 0.0249. The summed E-state index contributed by atoms with van der Waals surface area (Å²) < 4.78 is 5.48. The van der Waals surface area contributed by atoms with Gasteiger partial charge in [-0.3, -0.25) is 9.78 Å². The zero-order valence-corrected chi connectivity index (χ0v) is 17.4. The van der Waals surface area contributed by atoms with Crippen molar-refractivity contribution in [2.24, 2.45) is 5.92 Å². The summed E-state index contributed by atoms with van der Waals surface area (Å²) in [5, 5.41) is 0. The lowest BCUT2D eigenvalue weighted by atomic mass is 9.99. The van der Waals surface area contributed by atoms with E-state index in [0.29, 0.717) is 18.8 Å². The molecule has 154 valence electrons. The van der Waals surface area contributed by atoms with Crippen molar-refractivity contribution >= 4 is 17.3 Å². The minimum atomic E-state index is 0.0249. The van der Waals surface area contributed by atoms with Gasteiger partial charge in [-0.1, -0.05) is 19.1 Å². The topological polar surface area (TPSA) is 48.9 Å². The van der Waals surface area contributed by atoms with Gasteiger partial charge in [-0.15, -0.1) is 0 Å². The van der Waals surface area contributed by atoms with Crippen LogP contribution in [0.5, 0.6) is 5.75 Å². The molecule has 1 aromatic heterocycles. The minimum Gasteiger partial charge on any atom is -0.495 e. The monoisotopic (exact) mass is 394 g/mol. The van der Waals surface area contributed by atoms with Crippen LogP contribution in [0.3, 0.4) is 0 Å². The maximum Gasteiger partial charge on any atom is 0.272 e. The predicted molar refractivity (Wildman–Crippen MR) is 116 cm³/mol. The lowest BCUT2D eigenvalue weighted by Crippen LogP contribution is -2.49. The zero-order chi connectivity index (χ0) is 20.2. The molecule has 0 saturated carbocycles. The zero-order valence-electron chi connectivity index (χ0n) is 17.4. The fourth-order valence-electron chi connectivity index (χ4n) is 4.20. The molecule has 3 heterocycles. The number of ether oxygens (including phenoxy) is 1. The third-order valence-electron chi connectivity index (χ3n) is 6.10. The maximum atomic E-state index is 13.1. The van der Waals surface area contributed by atoms with Gasteiger partial charge in [-0.2, -0.15) is 0 Å². The molecule has 6 nitrogen and oxygen atoms in total. The number of anilines is 2. The number of rotatable bonds is 4. The highest BCUT2D eigenvalue weighted by atomic mass is 16.5. The molecule has 0 bridgehead atoms. The second-order valence-corrected chi connectivity index (χ2v) is 8.02. The molecule has 6 heteroatoms. The van der Waals surface area contributed by atoms with E-state index in [1.165, 1.54) is 12.8 Å². The molecule has 2 aliphatic heterocycles. The fourth-order valence-corrected chi connectivity index (χ4v) is 4.20. The van der Waals surface area contributed by atoms with Gasteiger partial charge in [0.25, 0.3) is 5.91 Å². The maximum absolute atomic E-state index is 13.1. The van der Waals surface area contributed by atoms with E-state index in [0.717, 1.165) is 49.2 Å². The van der Waals surface area contributed by atoms with E-state index < -0.39 is 0 Å². The summed E-state index contributed by atoms with van der Waals surface area (Å²) in [6.45, 7) is 7.36. The highest BCUT2D eigenvalue weighted by molar-refractivity contribution is 5.93. The Labute approximate surface area is 173 Å². The largest absolute Gasteiger partial charge is 0.495 e. The quantitative estimate of drug-likeness (QED) is 0.796. The molecule has 29 heavy (non-hydrogen) atoms. The van der Waals surface area contributed by atoms with Crippen LogP contribution in [0.4, 0.5) is 11.4 Å². The first-order valence-electron chi connectivity index (χ1n) is 10.5. The molecule has 0 spiro atoms. The molecular formula is C23H30N4O2. The number of aromatic nitrogens is 1. The molecule has 2 fully saturated rings. The van der Waals surface area contributed by atoms with Gasteiger partial charge in [0.15, 0.2) is 0 Å². The number of amides is 1.